The molecule has 0 radical (unpaired) electrons. The molecule has 0 rings (SSSR count). The molecule has 8 heavy (non-hydrogen) atoms. The van der Waals surface area contributed by atoms with Gasteiger partial charge in [-0.15, -0.1) is 6.58 Å². The summed E-state index contributed by atoms with van der Waals surface area (Å²) in [6.07, 6.45) is 1.82. The summed E-state index contributed by atoms with van der Waals surface area (Å²) in [5.74, 6) is 0. The number of nitrogens with one attached hydrogen (secondary N) is 1. The quantitative estimate of drug-likeness (QED) is 0.402. The Morgan fingerprint density at radius 3 is 2.88 bits per heavy atom. The van der Waals surface area contributed by atoms with Gasteiger partial charge >= 0.3 is 0 Å². The van der Waals surface area contributed by atoms with Gasteiger partial charge < -0.3 is 11.1 Å². The zero-order chi connectivity index (χ0) is 6.41. The number of rotatable bonds is 4. The fourth-order valence-corrected chi connectivity index (χ4v) is 0.413. The average molecular weight is 114 g/mol. The van der Waals surface area contributed by atoms with Crippen LogP contribution in [0.4, 0.5) is 0 Å². The number of hydrogen-bond donors (Lipinski definition) is 2. The Morgan fingerprint density at radius 2 is 2.50 bits per heavy atom. The minimum absolute atomic E-state index is 0.245. The summed E-state index contributed by atoms with van der Waals surface area (Å²) in [4.78, 5) is 0. The van der Waals surface area contributed by atoms with Gasteiger partial charge in [-0.25, -0.2) is 0 Å². The summed E-state index contributed by atoms with van der Waals surface area (Å²) in [7, 11) is 0. The van der Waals surface area contributed by atoms with Gasteiger partial charge in [-0.3, -0.25) is 0 Å². The third-order valence-electron chi connectivity index (χ3n) is 0.755. The second kappa shape index (κ2) is 4.81. The molecule has 0 spiro atoms. The van der Waals surface area contributed by atoms with E-state index in [1.807, 2.05) is 13.0 Å². The van der Waals surface area contributed by atoms with Crippen molar-refractivity contribution in [3.63, 3.8) is 0 Å². The van der Waals surface area contributed by atoms with Gasteiger partial charge in [-0.1, -0.05) is 6.08 Å². The van der Waals surface area contributed by atoms with Crippen molar-refractivity contribution in [3.8, 4) is 0 Å². The monoisotopic (exact) mass is 114 g/mol. The van der Waals surface area contributed by atoms with Crippen LogP contribution in [-0.2, 0) is 0 Å². The first kappa shape index (κ1) is 7.66. The predicted molar refractivity (Wildman–Crippen MR) is 36.7 cm³/mol. The summed E-state index contributed by atoms with van der Waals surface area (Å²) in [5.41, 5.74) is 5.44. The Kier molecular flexibility index (Phi) is 4.61. The Hall–Kier alpha value is -0.340. The maximum Gasteiger partial charge on any atom is 0.0136 e. The van der Waals surface area contributed by atoms with Crippen LogP contribution in [-0.4, -0.2) is 19.1 Å². The van der Waals surface area contributed by atoms with E-state index in [-0.39, 0.29) is 6.04 Å². The lowest BCUT2D eigenvalue weighted by atomic mass is 10.4. The van der Waals surface area contributed by atoms with Crippen LogP contribution in [0.5, 0.6) is 0 Å². The van der Waals surface area contributed by atoms with Gasteiger partial charge in [0.2, 0.25) is 0 Å². The van der Waals surface area contributed by atoms with E-state index in [4.69, 9.17) is 5.73 Å². The second-order valence-corrected chi connectivity index (χ2v) is 1.92. The van der Waals surface area contributed by atoms with Crippen molar-refractivity contribution in [1.29, 1.82) is 0 Å². The zero-order valence-electron chi connectivity index (χ0n) is 5.35. The van der Waals surface area contributed by atoms with E-state index < -0.39 is 0 Å². The van der Waals surface area contributed by atoms with Crippen molar-refractivity contribution in [2.45, 2.75) is 13.0 Å². The number of hydrogen-bond acceptors (Lipinski definition) is 2. The van der Waals surface area contributed by atoms with Crippen LogP contribution < -0.4 is 11.1 Å². The van der Waals surface area contributed by atoms with Gasteiger partial charge in [0.1, 0.15) is 0 Å². The Balaban J connectivity index is 2.81. The highest BCUT2D eigenvalue weighted by Crippen LogP contribution is 1.68. The van der Waals surface area contributed by atoms with Crippen molar-refractivity contribution in [2.75, 3.05) is 13.1 Å². The lowest BCUT2D eigenvalue weighted by Crippen LogP contribution is -2.30. The Labute approximate surface area is 50.8 Å². The topological polar surface area (TPSA) is 38.0 Å². The molecule has 1 unspecified atom stereocenters. The normalized spacial score (nSPS) is 13.2. The van der Waals surface area contributed by atoms with Crippen LogP contribution in [0.15, 0.2) is 12.7 Å². The van der Waals surface area contributed by atoms with Gasteiger partial charge in [0, 0.05) is 19.1 Å². The van der Waals surface area contributed by atoms with Crippen molar-refractivity contribution < 1.29 is 0 Å². The standard InChI is InChI=1S/C6H14N2/c1-3-4-8-5-6(2)7/h3,6,8H,1,4-5,7H2,2H3. The molecule has 0 aromatic heterocycles. The fourth-order valence-electron chi connectivity index (χ4n) is 0.413. The molecular formula is C6H14N2. The largest absolute Gasteiger partial charge is 0.327 e. The SMILES string of the molecule is C=CCNCC(C)N. The first-order chi connectivity index (χ1) is 3.77. The first-order valence-corrected chi connectivity index (χ1v) is 2.84. The van der Waals surface area contributed by atoms with Gasteiger partial charge in [-0.05, 0) is 6.92 Å². The highest BCUT2D eigenvalue weighted by atomic mass is 14.9. The van der Waals surface area contributed by atoms with Crippen LogP contribution in [0.1, 0.15) is 6.92 Å². The summed E-state index contributed by atoms with van der Waals surface area (Å²) in [6.45, 7) is 7.24. The fraction of sp³-hybridized carbons (Fsp3) is 0.667. The van der Waals surface area contributed by atoms with Gasteiger partial charge in [0.05, 0.1) is 0 Å². The van der Waals surface area contributed by atoms with Crippen molar-refractivity contribution in [1.82, 2.24) is 5.32 Å². The molecule has 0 saturated carbocycles. The highest BCUT2D eigenvalue weighted by molar-refractivity contribution is 4.70. The molecular weight excluding hydrogens is 100 g/mol. The van der Waals surface area contributed by atoms with E-state index in [1.165, 1.54) is 0 Å². The minimum Gasteiger partial charge on any atom is -0.327 e. The Bertz CT molecular complexity index is 59.5. The molecule has 0 bridgehead atoms. The van der Waals surface area contributed by atoms with Gasteiger partial charge in [0.25, 0.3) is 0 Å². The van der Waals surface area contributed by atoms with E-state index in [0.717, 1.165) is 13.1 Å². The molecule has 3 N–H and O–H groups in total. The average Bonchev–Trinajstić information content (AvgIpc) is 1.66. The zero-order valence-corrected chi connectivity index (χ0v) is 5.35. The summed E-state index contributed by atoms with van der Waals surface area (Å²) < 4.78 is 0. The summed E-state index contributed by atoms with van der Waals surface area (Å²) in [6, 6.07) is 0.245. The predicted octanol–water partition coefficient (Wildman–Crippen LogP) is 0.109. The molecule has 0 aromatic carbocycles. The van der Waals surface area contributed by atoms with Crippen molar-refractivity contribution in [2.24, 2.45) is 5.73 Å². The molecule has 0 aliphatic carbocycles. The molecule has 0 saturated heterocycles. The molecule has 1 atom stereocenters. The van der Waals surface area contributed by atoms with Crippen LogP contribution in [0.25, 0.3) is 0 Å². The minimum atomic E-state index is 0.245. The lowest BCUT2D eigenvalue weighted by Gasteiger charge is -2.02. The number of nitrogens with two attached hydrogens (primary N) is 1. The lowest BCUT2D eigenvalue weighted by molar-refractivity contribution is 0.642. The first-order valence-electron chi connectivity index (χ1n) is 2.84. The van der Waals surface area contributed by atoms with Crippen molar-refractivity contribution >= 4 is 0 Å². The van der Waals surface area contributed by atoms with E-state index in [9.17, 15) is 0 Å². The van der Waals surface area contributed by atoms with Crippen molar-refractivity contribution in [3.05, 3.63) is 12.7 Å². The van der Waals surface area contributed by atoms with Crippen LogP contribution >= 0.6 is 0 Å². The molecule has 48 valence electrons. The molecule has 0 heterocycles. The molecule has 0 aliphatic rings. The van der Waals surface area contributed by atoms with Gasteiger partial charge in [0.15, 0.2) is 0 Å². The molecule has 2 heteroatoms. The van der Waals surface area contributed by atoms with Crippen LogP contribution in [0, 0.1) is 0 Å². The maximum absolute atomic E-state index is 5.44. The maximum atomic E-state index is 5.44. The second-order valence-electron chi connectivity index (χ2n) is 1.92. The molecule has 0 amide bonds. The smallest absolute Gasteiger partial charge is 0.0136 e. The molecule has 0 aromatic rings. The third kappa shape index (κ3) is 5.66. The summed E-state index contributed by atoms with van der Waals surface area (Å²) >= 11 is 0. The van der Waals surface area contributed by atoms with E-state index in [2.05, 4.69) is 11.9 Å². The van der Waals surface area contributed by atoms with Gasteiger partial charge in [-0.2, -0.15) is 0 Å². The van der Waals surface area contributed by atoms with E-state index in [1.54, 1.807) is 0 Å². The molecule has 0 fully saturated rings. The molecule has 2 nitrogen and oxygen atoms in total. The van der Waals surface area contributed by atoms with Crippen LogP contribution in [0.3, 0.4) is 0 Å². The summed E-state index contributed by atoms with van der Waals surface area (Å²) in [5, 5.41) is 3.09. The Morgan fingerprint density at radius 1 is 1.88 bits per heavy atom. The third-order valence-corrected chi connectivity index (χ3v) is 0.755. The molecule has 0 aliphatic heterocycles. The van der Waals surface area contributed by atoms with Crippen LogP contribution in [0.2, 0.25) is 0 Å². The highest BCUT2D eigenvalue weighted by Gasteiger charge is 1.87. The van der Waals surface area contributed by atoms with E-state index in [0.29, 0.717) is 0 Å². The van der Waals surface area contributed by atoms with E-state index >= 15 is 0 Å².